The number of hydrogen-bond acceptors (Lipinski definition) is 6. The largest absolute Gasteiger partial charge is 0.497 e. The zero-order valence-corrected chi connectivity index (χ0v) is 22.1. The molecule has 188 valence electrons. The summed E-state index contributed by atoms with van der Waals surface area (Å²) < 4.78 is 41.4. The lowest BCUT2D eigenvalue weighted by Gasteiger charge is -2.30. The minimum absolute atomic E-state index is 0.0260. The smallest absolute Gasteiger partial charge is 0.279 e. The van der Waals surface area contributed by atoms with Gasteiger partial charge >= 0.3 is 0 Å². The first kappa shape index (κ1) is 25.4. The van der Waals surface area contributed by atoms with Crippen molar-refractivity contribution < 1.29 is 22.7 Å². The zero-order valence-electron chi connectivity index (χ0n) is 20.5. The van der Waals surface area contributed by atoms with Crippen molar-refractivity contribution in [3.05, 3.63) is 46.8 Å². The molecule has 2 aromatic carbocycles. The van der Waals surface area contributed by atoms with Gasteiger partial charge in [-0.2, -0.15) is 9.30 Å². The lowest BCUT2D eigenvalue weighted by Crippen LogP contribution is -2.38. The third-order valence-corrected chi connectivity index (χ3v) is 9.50. The van der Waals surface area contributed by atoms with Gasteiger partial charge < -0.3 is 14.0 Å². The van der Waals surface area contributed by atoms with E-state index in [0.29, 0.717) is 28.4 Å². The molecular formula is C25H31N3O5S2. The van der Waals surface area contributed by atoms with Gasteiger partial charge in [0.15, 0.2) is 4.80 Å². The van der Waals surface area contributed by atoms with Crippen LogP contribution in [0.3, 0.4) is 0 Å². The van der Waals surface area contributed by atoms with E-state index < -0.39 is 15.9 Å². The fourth-order valence-electron chi connectivity index (χ4n) is 4.53. The van der Waals surface area contributed by atoms with Crippen LogP contribution >= 0.6 is 11.3 Å². The second kappa shape index (κ2) is 10.5. The number of carbonyl (C=O) groups is 1. The maximum absolute atomic E-state index is 13.1. The third-order valence-electron chi connectivity index (χ3n) is 6.55. The first-order valence-electron chi connectivity index (χ1n) is 11.7. The van der Waals surface area contributed by atoms with E-state index in [1.165, 1.54) is 39.9 Å². The molecule has 8 nitrogen and oxygen atoms in total. The van der Waals surface area contributed by atoms with Crippen LogP contribution in [-0.2, 0) is 16.6 Å². The second-order valence-corrected chi connectivity index (χ2v) is 11.6. The minimum Gasteiger partial charge on any atom is -0.497 e. The third kappa shape index (κ3) is 5.00. The van der Waals surface area contributed by atoms with Crippen LogP contribution in [0.25, 0.3) is 10.2 Å². The maximum Gasteiger partial charge on any atom is 0.279 e. The van der Waals surface area contributed by atoms with Crippen molar-refractivity contribution in [1.82, 2.24) is 8.87 Å². The van der Waals surface area contributed by atoms with E-state index in [9.17, 15) is 13.2 Å². The minimum atomic E-state index is -3.62. The molecule has 35 heavy (non-hydrogen) atoms. The van der Waals surface area contributed by atoms with E-state index in [1.807, 2.05) is 17.6 Å². The number of carbonyl (C=O) groups excluding carboxylic acids is 1. The summed E-state index contributed by atoms with van der Waals surface area (Å²) in [4.78, 5) is 18.1. The lowest BCUT2D eigenvalue weighted by atomic mass is 9.96. The Morgan fingerprint density at radius 1 is 1.11 bits per heavy atom. The number of benzene rings is 2. The Morgan fingerprint density at radius 2 is 1.80 bits per heavy atom. The molecule has 1 amide bonds. The molecule has 0 spiro atoms. The quantitative estimate of drug-likeness (QED) is 0.462. The average Bonchev–Trinajstić information content (AvgIpc) is 3.24. The number of amides is 1. The molecule has 1 heterocycles. The molecule has 0 bridgehead atoms. The van der Waals surface area contributed by atoms with E-state index in [4.69, 9.17) is 9.47 Å². The van der Waals surface area contributed by atoms with Crippen LogP contribution in [0.4, 0.5) is 0 Å². The molecule has 4 rings (SSSR count). The topological polar surface area (TPSA) is 90.2 Å². The normalized spacial score (nSPS) is 15.6. The molecule has 1 fully saturated rings. The van der Waals surface area contributed by atoms with Gasteiger partial charge in [0, 0.05) is 31.3 Å². The SMILES string of the molecule is CCn1c(=NC(=O)c2ccc(S(=O)(=O)N(C)C3CCCCC3)cc2)sc2cc(OC)cc(OC)c21. The number of rotatable bonds is 7. The molecule has 0 saturated heterocycles. The maximum atomic E-state index is 13.1. The number of methoxy groups -OCH3 is 2. The highest BCUT2D eigenvalue weighted by atomic mass is 32.2. The van der Waals surface area contributed by atoms with Crippen LogP contribution in [-0.4, -0.2) is 50.5 Å². The predicted molar refractivity (Wildman–Crippen MR) is 137 cm³/mol. The van der Waals surface area contributed by atoms with Gasteiger partial charge in [-0.1, -0.05) is 30.6 Å². The Morgan fingerprint density at radius 3 is 2.40 bits per heavy atom. The molecule has 0 unspecified atom stereocenters. The molecule has 0 radical (unpaired) electrons. The van der Waals surface area contributed by atoms with Gasteiger partial charge in [0.25, 0.3) is 5.91 Å². The Labute approximate surface area is 209 Å². The van der Waals surface area contributed by atoms with Gasteiger partial charge in [-0.25, -0.2) is 8.42 Å². The van der Waals surface area contributed by atoms with E-state index >= 15 is 0 Å². The molecule has 0 N–H and O–H groups in total. The molecular weight excluding hydrogens is 486 g/mol. The van der Waals surface area contributed by atoms with E-state index in [-0.39, 0.29) is 10.9 Å². The van der Waals surface area contributed by atoms with Crippen molar-refractivity contribution in [2.24, 2.45) is 4.99 Å². The average molecular weight is 518 g/mol. The van der Waals surface area contributed by atoms with Crippen molar-refractivity contribution in [2.45, 2.75) is 56.5 Å². The van der Waals surface area contributed by atoms with Crippen LogP contribution in [0.15, 0.2) is 46.3 Å². The number of hydrogen-bond donors (Lipinski definition) is 0. The van der Waals surface area contributed by atoms with Crippen LogP contribution < -0.4 is 14.3 Å². The van der Waals surface area contributed by atoms with E-state index in [2.05, 4.69) is 4.99 Å². The number of nitrogens with zero attached hydrogens (tertiary/aromatic N) is 3. The highest BCUT2D eigenvalue weighted by Crippen LogP contribution is 2.33. The standard InChI is InChI=1S/C25H31N3O5S2/c1-5-28-23-21(33-4)15-19(32-3)16-22(23)34-25(28)26-24(29)17-11-13-20(14-12-17)35(30,31)27(2)18-9-7-6-8-10-18/h11-16,18H,5-10H2,1-4H3. The predicted octanol–water partition coefficient (Wildman–Crippen LogP) is 4.43. The summed E-state index contributed by atoms with van der Waals surface area (Å²) in [5, 5.41) is 0. The van der Waals surface area contributed by atoms with Crippen molar-refractivity contribution in [3.8, 4) is 11.5 Å². The van der Waals surface area contributed by atoms with Crippen molar-refractivity contribution in [3.63, 3.8) is 0 Å². The summed E-state index contributed by atoms with van der Waals surface area (Å²) in [6, 6.07) is 9.75. The number of ether oxygens (including phenoxy) is 2. The molecule has 1 aromatic heterocycles. The number of thiazole rings is 1. The lowest BCUT2D eigenvalue weighted by molar-refractivity contribution is 0.0997. The van der Waals surface area contributed by atoms with Crippen LogP contribution in [0.5, 0.6) is 11.5 Å². The van der Waals surface area contributed by atoms with Gasteiger partial charge in [-0.3, -0.25) is 4.79 Å². The second-order valence-electron chi connectivity index (χ2n) is 8.56. The van der Waals surface area contributed by atoms with Crippen molar-refractivity contribution in [1.29, 1.82) is 0 Å². The summed E-state index contributed by atoms with van der Waals surface area (Å²) in [6.07, 6.45) is 5.02. The van der Waals surface area contributed by atoms with Gasteiger partial charge in [0.1, 0.15) is 17.0 Å². The molecule has 1 saturated carbocycles. The number of fused-ring (bicyclic) bond motifs is 1. The molecule has 1 aliphatic rings. The monoisotopic (exact) mass is 517 g/mol. The van der Waals surface area contributed by atoms with Gasteiger partial charge in [-0.05, 0) is 50.1 Å². The number of sulfonamides is 1. The highest BCUT2D eigenvalue weighted by molar-refractivity contribution is 7.89. The van der Waals surface area contributed by atoms with Crippen LogP contribution in [0.1, 0.15) is 49.4 Å². The number of aromatic nitrogens is 1. The van der Waals surface area contributed by atoms with E-state index in [1.54, 1.807) is 27.3 Å². The Balaban J connectivity index is 1.65. The molecule has 1 aliphatic carbocycles. The highest BCUT2D eigenvalue weighted by Gasteiger charge is 2.29. The molecule has 0 atom stereocenters. The van der Waals surface area contributed by atoms with Crippen LogP contribution in [0.2, 0.25) is 0 Å². The summed E-state index contributed by atoms with van der Waals surface area (Å²) in [7, 11) is 1.21. The van der Waals surface area contributed by atoms with Gasteiger partial charge in [0.2, 0.25) is 10.0 Å². The first-order valence-corrected chi connectivity index (χ1v) is 14.0. The van der Waals surface area contributed by atoms with Gasteiger partial charge in [-0.15, -0.1) is 0 Å². The summed E-state index contributed by atoms with van der Waals surface area (Å²) in [5.74, 6) is 0.865. The zero-order chi connectivity index (χ0) is 25.2. The van der Waals surface area contributed by atoms with Gasteiger partial charge in [0.05, 0.1) is 23.8 Å². The fraction of sp³-hybridized carbons (Fsp3) is 0.440. The first-order chi connectivity index (χ1) is 16.8. The van der Waals surface area contributed by atoms with E-state index in [0.717, 1.165) is 42.3 Å². The van der Waals surface area contributed by atoms with Crippen LogP contribution in [0, 0.1) is 0 Å². The summed E-state index contributed by atoms with van der Waals surface area (Å²) in [6.45, 7) is 2.57. The Hall–Kier alpha value is -2.69. The van der Waals surface area contributed by atoms with Crippen molar-refractivity contribution >= 4 is 37.5 Å². The Bertz CT molecular complexity index is 1380. The molecule has 3 aromatic rings. The summed E-state index contributed by atoms with van der Waals surface area (Å²) >= 11 is 1.37. The molecule has 0 aliphatic heterocycles. The Kier molecular flexibility index (Phi) is 7.63. The summed E-state index contributed by atoms with van der Waals surface area (Å²) in [5.41, 5.74) is 1.17. The fourth-order valence-corrected chi connectivity index (χ4v) is 7.08. The molecule has 10 heteroatoms. The van der Waals surface area contributed by atoms with Crippen molar-refractivity contribution in [2.75, 3.05) is 21.3 Å². The number of aryl methyl sites for hydroxylation is 1.